The Balaban J connectivity index is 1.20. The van der Waals surface area contributed by atoms with E-state index in [0.29, 0.717) is 31.7 Å². The van der Waals surface area contributed by atoms with E-state index in [-0.39, 0.29) is 49.0 Å². The average molecular weight is 390 g/mol. The molecule has 4 fully saturated rings. The number of benzene rings is 1. The van der Waals surface area contributed by atoms with Crippen LogP contribution in [-0.2, 0) is 35.0 Å². The van der Waals surface area contributed by atoms with Gasteiger partial charge >= 0.3 is 0 Å². The summed E-state index contributed by atoms with van der Waals surface area (Å²) >= 11 is 0. The molecule has 2 bridgehead atoms. The summed E-state index contributed by atoms with van der Waals surface area (Å²) in [5.41, 5.74) is 1.17. The molecule has 28 heavy (non-hydrogen) atoms. The van der Waals surface area contributed by atoms with E-state index in [1.807, 2.05) is 18.2 Å². The van der Waals surface area contributed by atoms with Crippen LogP contribution in [0.25, 0.3) is 0 Å². The lowest BCUT2D eigenvalue weighted by molar-refractivity contribution is -0.285. The summed E-state index contributed by atoms with van der Waals surface area (Å²) in [5, 5.41) is 0. The lowest BCUT2D eigenvalue weighted by Gasteiger charge is -2.44. The first-order chi connectivity index (χ1) is 13.6. The van der Waals surface area contributed by atoms with Gasteiger partial charge in [-0.1, -0.05) is 51.1 Å². The SMILES string of the molecule is CC1[C@H](O[C@@H]2C3CO[C@H](O3)C3O[C@@H]32)OC(COCc2ccccc2)[C@@H](C)[C@@H]1C. The van der Waals surface area contributed by atoms with E-state index < -0.39 is 0 Å². The van der Waals surface area contributed by atoms with Gasteiger partial charge in [0, 0.05) is 5.92 Å². The molecule has 0 amide bonds. The number of hydrogen-bond acceptors (Lipinski definition) is 6. The molecule has 4 aliphatic rings. The number of ether oxygens (including phenoxy) is 6. The zero-order valence-corrected chi connectivity index (χ0v) is 16.7. The molecule has 1 aromatic carbocycles. The molecule has 4 heterocycles. The Morgan fingerprint density at radius 3 is 2.57 bits per heavy atom. The van der Waals surface area contributed by atoms with E-state index in [0.717, 1.165) is 0 Å². The van der Waals surface area contributed by atoms with Crippen molar-refractivity contribution in [1.29, 1.82) is 0 Å². The molecule has 0 N–H and O–H groups in total. The van der Waals surface area contributed by atoms with Crippen molar-refractivity contribution >= 4 is 0 Å². The first kappa shape index (κ1) is 19.0. The first-order valence-electron chi connectivity index (χ1n) is 10.5. The van der Waals surface area contributed by atoms with Crippen LogP contribution in [0.3, 0.4) is 0 Å². The van der Waals surface area contributed by atoms with E-state index in [1.165, 1.54) is 5.56 Å². The minimum atomic E-state index is -0.285. The minimum Gasteiger partial charge on any atom is -0.374 e. The van der Waals surface area contributed by atoms with Gasteiger partial charge in [-0.3, -0.25) is 0 Å². The van der Waals surface area contributed by atoms with Gasteiger partial charge in [-0.25, -0.2) is 0 Å². The lowest BCUT2D eigenvalue weighted by Crippen LogP contribution is -2.52. The van der Waals surface area contributed by atoms with Crippen LogP contribution in [0.4, 0.5) is 0 Å². The highest BCUT2D eigenvalue weighted by molar-refractivity contribution is 5.13. The second kappa shape index (κ2) is 7.67. The molecule has 154 valence electrons. The second-order valence-corrected chi connectivity index (χ2v) is 8.66. The van der Waals surface area contributed by atoms with Crippen LogP contribution >= 0.6 is 0 Å². The summed E-state index contributed by atoms with van der Waals surface area (Å²) in [6, 6.07) is 10.2. The Morgan fingerprint density at radius 2 is 1.75 bits per heavy atom. The summed E-state index contributed by atoms with van der Waals surface area (Å²) in [4.78, 5) is 0. The van der Waals surface area contributed by atoms with Gasteiger partial charge in [0.25, 0.3) is 0 Å². The average Bonchev–Trinajstić information content (AvgIpc) is 3.40. The van der Waals surface area contributed by atoms with Crippen molar-refractivity contribution in [3.8, 4) is 0 Å². The van der Waals surface area contributed by atoms with Crippen molar-refractivity contribution in [2.75, 3.05) is 13.2 Å². The molecular formula is C22H30O6. The Bertz CT molecular complexity index is 668. The van der Waals surface area contributed by atoms with E-state index in [1.54, 1.807) is 0 Å². The molecule has 4 unspecified atom stereocenters. The maximum absolute atomic E-state index is 6.43. The molecule has 4 saturated heterocycles. The van der Waals surface area contributed by atoms with Gasteiger partial charge in [-0.05, 0) is 17.4 Å². The molecular weight excluding hydrogens is 360 g/mol. The molecule has 6 nitrogen and oxygen atoms in total. The van der Waals surface area contributed by atoms with Gasteiger partial charge < -0.3 is 28.4 Å². The number of fused-ring (bicyclic) bond motifs is 4. The molecule has 5 rings (SSSR count). The fourth-order valence-electron chi connectivity index (χ4n) is 4.64. The highest BCUT2D eigenvalue weighted by Gasteiger charge is 2.63. The third kappa shape index (κ3) is 3.51. The minimum absolute atomic E-state index is 0.00733. The van der Waals surface area contributed by atoms with E-state index >= 15 is 0 Å². The maximum Gasteiger partial charge on any atom is 0.187 e. The van der Waals surface area contributed by atoms with Crippen LogP contribution in [0.5, 0.6) is 0 Å². The zero-order valence-electron chi connectivity index (χ0n) is 16.7. The molecule has 10 atom stereocenters. The Labute approximate surface area is 166 Å². The topological polar surface area (TPSA) is 58.7 Å². The van der Waals surface area contributed by atoms with E-state index in [2.05, 4.69) is 32.9 Å². The van der Waals surface area contributed by atoms with Crippen LogP contribution in [-0.4, -0.2) is 56.3 Å². The third-order valence-corrected chi connectivity index (χ3v) is 6.92. The highest BCUT2D eigenvalue weighted by atomic mass is 16.8. The molecule has 0 aromatic heterocycles. The quantitative estimate of drug-likeness (QED) is 0.696. The number of rotatable bonds is 6. The predicted molar refractivity (Wildman–Crippen MR) is 100 cm³/mol. The Kier molecular flexibility index (Phi) is 5.20. The Hall–Kier alpha value is -1.02. The van der Waals surface area contributed by atoms with Gasteiger partial charge in [0.2, 0.25) is 0 Å². The maximum atomic E-state index is 6.43. The molecule has 0 radical (unpaired) electrons. The van der Waals surface area contributed by atoms with Crippen molar-refractivity contribution in [1.82, 2.24) is 0 Å². The van der Waals surface area contributed by atoms with Crippen LogP contribution in [0.2, 0.25) is 0 Å². The predicted octanol–water partition coefficient (Wildman–Crippen LogP) is 2.74. The Morgan fingerprint density at radius 1 is 0.929 bits per heavy atom. The first-order valence-corrected chi connectivity index (χ1v) is 10.5. The van der Waals surface area contributed by atoms with Crippen molar-refractivity contribution in [3.05, 3.63) is 35.9 Å². The largest absolute Gasteiger partial charge is 0.374 e. The van der Waals surface area contributed by atoms with Gasteiger partial charge in [0.05, 0.1) is 25.9 Å². The molecule has 1 aromatic rings. The van der Waals surface area contributed by atoms with Crippen LogP contribution in [0.1, 0.15) is 26.3 Å². The van der Waals surface area contributed by atoms with Crippen molar-refractivity contribution in [2.45, 2.75) is 70.5 Å². The summed E-state index contributed by atoms with van der Waals surface area (Å²) < 4.78 is 36.1. The summed E-state index contributed by atoms with van der Waals surface area (Å²) in [6.07, 6.45) is -0.583. The molecule has 6 heteroatoms. The van der Waals surface area contributed by atoms with Crippen LogP contribution < -0.4 is 0 Å². The van der Waals surface area contributed by atoms with Gasteiger partial charge in [0.15, 0.2) is 12.6 Å². The van der Waals surface area contributed by atoms with Gasteiger partial charge in [-0.2, -0.15) is 0 Å². The summed E-state index contributed by atoms with van der Waals surface area (Å²) in [5.74, 6) is 1.16. The lowest BCUT2D eigenvalue weighted by atomic mass is 9.79. The summed E-state index contributed by atoms with van der Waals surface area (Å²) in [7, 11) is 0. The number of epoxide rings is 1. The van der Waals surface area contributed by atoms with E-state index in [9.17, 15) is 0 Å². The van der Waals surface area contributed by atoms with Crippen LogP contribution in [0, 0.1) is 17.8 Å². The van der Waals surface area contributed by atoms with Crippen molar-refractivity contribution in [3.63, 3.8) is 0 Å². The smallest absolute Gasteiger partial charge is 0.187 e. The fraction of sp³-hybridized carbons (Fsp3) is 0.727. The molecule has 0 spiro atoms. The number of hydrogen-bond donors (Lipinski definition) is 0. The molecule has 4 aliphatic heterocycles. The van der Waals surface area contributed by atoms with Gasteiger partial charge in [0.1, 0.15) is 24.4 Å². The zero-order chi connectivity index (χ0) is 19.3. The second-order valence-electron chi connectivity index (χ2n) is 8.66. The van der Waals surface area contributed by atoms with Crippen molar-refractivity contribution < 1.29 is 28.4 Å². The van der Waals surface area contributed by atoms with Gasteiger partial charge in [-0.15, -0.1) is 0 Å². The normalized spacial score (nSPS) is 47.0. The fourth-order valence-corrected chi connectivity index (χ4v) is 4.64. The third-order valence-electron chi connectivity index (χ3n) is 6.92. The van der Waals surface area contributed by atoms with E-state index in [4.69, 9.17) is 28.4 Å². The standard InChI is InChI=1S/C22H30O6/c1-12-13(2)16(10-23-9-15-7-5-4-6-8-15)25-21(14(12)3)28-18-17-11-24-22(26-17)20-19(18)27-20/h4-8,12-14,16-22H,9-11H2,1-3H3/t12-,13-,14?,16?,17?,18+,19+,20?,21-,22+/m0/s1. The molecule has 0 aliphatic carbocycles. The summed E-state index contributed by atoms with van der Waals surface area (Å²) in [6.45, 7) is 8.45. The van der Waals surface area contributed by atoms with Crippen molar-refractivity contribution in [2.24, 2.45) is 17.8 Å². The molecule has 0 saturated carbocycles. The monoisotopic (exact) mass is 390 g/mol. The van der Waals surface area contributed by atoms with Crippen LogP contribution in [0.15, 0.2) is 30.3 Å². The highest BCUT2D eigenvalue weighted by Crippen LogP contribution is 2.45.